The van der Waals surface area contributed by atoms with Gasteiger partial charge in [-0.3, -0.25) is 14.4 Å². The van der Waals surface area contributed by atoms with E-state index in [9.17, 15) is 14.4 Å². The van der Waals surface area contributed by atoms with E-state index in [4.69, 9.17) is 14.2 Å². The quantitative estimate of drug-likeness (QED) is 0.0261. The Morgan fingerprint density at radius 2 is 0.557 bits per heavy atom. The van der Waals surface area contributed by atoms with E-state index in [-0.39, 0.29) is 31.1 Å². The van der Waals surface area contributed by atoms with Crippen molar-refractivity contribution in [3.63, 3.8) is 0 Å². The minimum Gasteiger partial charge on any atom is -0.462 e. The molecule has 0 saturated carbocycles. The van der Waals surface area contributed by atoms with Crippen molar-refractivity contribution in [2.24, 2.45) is 0 Å². The van der Waals surface area contributed by atoms with Gasteiger partial charge >= 0.3 is 17.9 Å². The summed E-state index contributed by atoms with van der Waals surface area (Å²) in [6, 6.07) is 0. The molecule has 404 valence electrons. The second-order valence-corrected chi connectivity index (χ2v) is 19.9. The van der Waals surface area contributed by atoms with Gasteiger partial charge in [-0.2, -0.15) is 0 Å². The van der Waals surface area contributed by atoms with Crippen molar-refractivity contribution in [2.75, 3.05) is 13.2 Å². The summed E-state index contributed by atoms with van der Waals surface area (Å²) in [5, 5.41) is 0. The van der Waals surface area contributed by atoms with Crippen LogP contribution in [0, 0.1) is 0 Å². The van der Waals surface area contributed by atoms with E-state index in [1.165, 1.54) is 161 Å². The van der Waals surface area contributed by atoms with Crippen molar-refractivity contribution in [3.05, 3.63) is 72.9 Å². The molecule has 0 aromatic carbocycles. The molecule has 0 aromatic heterocycles. The van der Waals surface area contributed by atoms with Crippen LogP contribution in [0.1, 0.15) is 297 Å². The van der Waals surface area contributed by atoms with E-state index in [1.54, 1.807) is 0 Å². The number of esters is 3. The molecular weight excluding hydrogens is 865 g/mol. The zero-order valence-electron chi connectivity index (χ0n) is 46.3. The number of rotatable bonds is 54. The molecule has 0 aliphatic heterocycles. The van der Waals surface area contributed by atoms with Crippen molar-refractivity contribution in [1.82, 2.24) is 0 Å². The highest BCUT2D eigenvalue weighted by Crippen LogP contribution is 2.16. The smallest absolute Gasteiger partial charge is 0.306 e. The molecule has 0 aliphatic rings. The predicted molar refractivity (Wildman–Crippen MR) is 302 cm³/mol. The Bertz CT molecular complexity index is 1310. The highest BCUT2D eigenvalue weighted by atomic mass is 16.6. The molecule has 6 nitrogen and oxygen atoms in total. The topological polar surface area (TPSA) is 78.9 Å². The predicted octanol–water partition coefficient (Wildman–Crippen LogP) is 20.2. The minimum atomic E-state index is -0.777. The average Bonchev–Trinajstić information content (AvgIpc) is 3.36. The van der Waals surface area contributed by atoms with Crippen molar-refractivity contribution < 1.29 is 28.6 Å². The molecule has 0 spiro atoms. The highest BCUT2D eigenvalue weighted by molar-refractivity contribution is 5.71. The van der Waals surface area contributed by atoms with Crippen molar-refractivity contribution in [3.8, 4) is 0 Å². The molecule has 1 unspecified atom stereocenters. The van der Waals surface area contributed by atoms with Gasteiger partial charge in [0, 0.05) is 19.3 Å². The largest absolute Gasteiger partial charge is 0.462 e. The van der Waals surface area contributed by atoms with Crippen LogP contribution in [0.15, 0.2) is 72.9 Å². The molecule has 0 rings (SSSR count). The van der Waals surface area contributed by atoms with Crippen LogP contribution in [0.3, 0.4) is 0 Å². The summed E-state index contributed by atoms with van der Waals surface area (Å²) in [4.78, 5) is 38.1. The van der Waals surface area contributed by atoms with Gasteiger partial charge in [0.25, 0.3) is 0 Å². The van der Waals surface area contributed by atoms with Gasteiger partial charge in [-0.05, 0) is 89.9 Å². The van der Waals surface area contributed by atoms with E-state index >= 15 is 0 Å². The number of ether oxygens (including phenoxy) is 3. The van der Waals surface area contributed by atoms with Gasteiger partial charge in [0.05, 0.1) is 0 Å². The van der Waals surface area contributed by atoms with Crippen molar-refractivity contribution >= 4 is 17.9 Å². The average molecular weight is 978 g/mol. The van der Waals surface area contributed by atoms with Gasteiger partial charge in [-0.15, -0.1) is 0 Å². The van der Waals surface area contributed by atoms with Crippen LogP contribution >= 0.6 is 0 Å². The first-order valence-corrected chi connectivity index (χ1v) is 29.9. The molecule has 0 N–H and O–H groups in total. The SMILES string of the molecule is CC/C=C\C/C=C\C/C=C\C/C=C\C/C=C\CCCCCCCCCCCCCC(=O)OCC(COC(=O)CCCCCCC/C=C\CCCCC)OC(=O)CCCCCCCCCCCCCCC. The molecule has 0 amide bonds. The zero-order valence-corrected chi connectivity index (χ0v) is 46.3. The van der Waals surface area contributed by atoms with Crippen molar-refractivity contribution in [2.45, 2.75) is 303 Å². The third-order valence-electron chi connectivity index (χ3n) is 12.9. The summed E-state index contributed by atoms with van der Waals surface area (Å²) >= 11 is 0. The Morgan fingerprint density at radius 3 is 0.914 bits per heavy atom. The lowest BCUT2D eigenvalue weighted by Crippen LogP contribution is -2.30. The Morgan fingerprint density at radius 1 is 0.300 bits per heavy atom. The van der Waals surface area contributed by atoms with E-state index in [0.717, 1.165) is 96.3 Å². The maximum atomic E-state index is 12.8. The zero-order chi connectivity index (χ0) is 50.7. The fraction of sp³-hybridized carbons (Fsp3) is 0.766. The maximum absolute atomic E-state index is 12.8. The van der Waals surface area contributed by atoms with Crippen LogP contribution in [-0.4, -0.2) is 37.2 Å². The van der Waals surface area contributed by atoms with Gasteiger partial charge in [-0.1, -0.05) is 261 Å². The van der Waals surface area contributed by atoms with Gasteiger partial charge in [0.15, 0.2) is 6.10 Å². The first kappa shape index (κ1) is 66.9. The molecule has 0 bridgehead atoms. The maximum Gasteiger partial charge on any atom is 0.306 e. The monoisotopic (exact) mass is 977 g/mol. The first-order valence-electron chi connectivity index (χ1n) is 29.9. The van der Waals surface area contributed by atoms with Crippen LogP contribution in [0.2, 0.25) is 0 Å². The lowest BCUT2D eigenvalue weighted by Gasteiger charge is -2.18. The van der Waals surface area contributed by atoms with Crippen LogP contribution in [-0.2, 0) is 28.6 Å². The van der Waals surface area contributed by atoms with Gasteiger partial charge < -0.3 is 14.2 Å². The lowest BCUT2D eigenvalue weighted by molar-refractivity contribution is -0.167. The van der Waals surface area contributed by atoms with Crippen LogP contribution in [0.25, 0.3) is 0 Å². The number of carbonyl (C=O) groups excluding carboxylic acids is 3. The Labute approximate surface area is 433 Å². The summed E-state index contributed by atoms with van der Waals surface area (Å²) in [5.41, 5.74) is 0. The second-order valence-electron chi connectivity index (χ2n) is 19.9. The number of hydrogen-bond donors (Lipinski definition) is 0. The molecule has 0 heterocycles. The fourth-order valence-corrected chi connectivity index (χ4v) is 8.47. The standard InChI is InChI=1S/C64H112O6/c1-4-7-10-13-16-19-22-25-26-27-28-29-30-31-32-33-34-35-36-37-38-40-42-45-48-51-54-57-63(66)69-60-61(59-68-62(65)56-53-50-47-44-41-24-21-18-15-12-9-6-3)70-64(67)58-55-52-49-46-43-39-23-20-17-14-11-8-5-2/h7,10,16,18-19,21,25-26,28-29,31-32,61H,4-6,8-9,11-15,17,20,22-24,27,30,33-60H2,1-3H3/b10-7-,19-16-,21-18-,26-25-,29-28-,32-31-. The van der Waals surface area contributed by atoms with E-state index in [0.29, 0.717) is 19.3 Å². The summed E-state index contributed by atoms with van der Waals surface area (Å²) in [6.07, 6.45) is 74.7. The van der Waals surface area contributed by atoms with Crippen LogP contribution in [0.5, 0.6) is 0 Å². The van der Waals surface area contributed by atoms with Gasteiger partial charge in [-0.25, -0.2) is 0 Å². The summed E-state index contributed by atoms with van der Waals surface area (Å²) in [7, 11) is 0. The Balaban J connectivity index is 4.23. The van der Waals surface area contributed by atoms with Crippen LogP contribution in [0.4, 0.5) is 0 Å². The summed E-state index contributed by atoms with van der Waals surface area (Å²) in [5.74, 6) is -0.877. The molecule has 1 atom stereocenters. The number of hydrogen-bond acceptors (Lipinski definition) is 6. The molecular formula is C64H112O6. The molecule has 0 aromatic rings. The Kier molecular flexibility index (Phi) is 55.8. The first-order chi connectivity index (χ1) is 34.5. The summed E-state index contributed by atoms with van der Waals surface area (Å²) < 4.78 is 16.9. The Hall–Kier alpha value is -3.15. The summed E-state index contributed by atoms with van der Waals surface area (Å²) in [6.45, 7) is 6.51. The second kappa shape index (κ2) is 58.4. The normalized spacial score (nSPS) is 12.6. The number of allylic oxidation sites excluding steroid dienone is 12. The number of carbonyl (C=O) groups is 3. The molecule has 0 saturated heterocycles. The molecule has 0 aliphatic carbocycles. The van der Waals surface area contributed by atoms with E-state index < -0.39 is 6.10 Å². The minimum absolute atomic E-state index is 0.0765. The third-order valence-corrected chi connectivity index (χ3v) is 12.9. The fourth-order valence-electron chi connectivity index (χ4n) is 8.47. The van der Waals surface area contributed by atoms with Crippen molar-refractivity contribution in [1.29, 1.82) is 0 Å². The molecule has 0 fully saturated rings. The lowest BCUT2D eigenvalue weighted by atomic mass is 10.0. The van der Waals surface area contributed by atoms with Crippen LogP contribution < -0.4 is 0 Å². The molecule has 6 heteroatoms. The number of unbranched alkanes of at least 4 members (excludes halogenated alkanes) is 31. The van der Waals surface area contributed by atoms with Gasteiger partial charge in [0.1, 0.15) is 13.2 Å². The van der Waals surface area contributed by atoms with E-state index in [1.807, 2.05) is 0 Å². The van der Waals surface area contributed by atoms with Gasteiger partial charge in [0.2, 0.25) is 0 Å². The van der Waals surface area contributed by atoms with E-state index in [2.05, 4.69) is 93.7 Å². The third kappa shape index (κ3) is 55.8. The highest BCUT2D eigenvalue weighted by Gasteiger charge is 2.19. The molecule has 70 heavy (non-hydrogen) atoms. The molecule has 0 radical (unpaired) electrons.